The van der Waals surface area contributed by atoms with Crippen LogP contribution in [0.1, 0.15) is 17.0 Å². The van der Waals surface area contributed by atoms with Gasteiger partial charge in [-0.05, 0) is 13.8 Å². The van der Waals surface area contributed by atoms with Crippen LogP contribution in [0.25, 0.3) is 0 Å². The van der Waals surface area contributed by atoms with Crippen molar-refractivity contribution >= 4 is 34.6 Å². The summed E-state index contributed by atoms with van der Waals surface area (Å²) >= 11 is 12.0. The molecule has 0 atom stereocenters. The standard InChI is InChI=1S/C12H11Cl2N3O3/c1-6-9(7(2)20-16-6)5-15-12-10(13)3-8(17(18)19)4-11(12)14/h3-4,15H,5H2,1-2H3. The van der Waals surface area contributed by atoms with Crippen molar-refractivity contribution in [1.82, 2.24) is 5.16 Å². The minimum Gasteiger partial charge on any atom is -0.378 e. The van der Waals surface area contributed by atoms with E-state index in [-0.39, 0.29) is 15.7 Å². The lowest BCUT2D eigenvalue weighted by Crippen LogP contribution is -2.03. The zero-order chi connectivity index (χ0) is 14.9. The van der Waals surface area contributed by atoms with Crippen LogP contribution in [0.2, 0.25) is 10.0 Å². The van der Waals surface area contributed by atoms with Gasteiger partial charge in [-0.1, -0.05) is 28.4 Å². The number of nitrogens with one attached hydrogen (secondary N) is 1. The van der Waals surface area contributed by atoms with Crippen LogP contribution in [0.4, 0.5) is 11.4 Å². The monoisotopic (exact) mass is 315 g/mol. The average molecular weight is 316 g/mol. The summed E-state index contributed by atoms with van der Waals surface area (Å²) in [5.41, 5.74) is 1.96. The Kier molecular flexibility index (Phi) is 4.15. The van der Waals surface area contributed by atoms with Crippen molar-refractivity contribution in [2.75, 3.05) is 5.32 Å². The summed E-state index contributed by atoms with van der Waals surface area (Å²) in [7, 11) is 0. The van der Waals surface area contributed by atoms with E-state index in [2.05, 4.69) is 10.5 Å². The molecule has 1 aromatic carbocycles. The first-order valence-corrected chi connectivity index (χ1v) is 6.44. The Labute approximate surface area is 124 Å². The lowest BCUT2D eigenvalue weighted by Gasteiger charge is -2.10. The van der Waals surface area contributed by atoms with Gasteiger partial charge in [0, 0.05) is 24.2 Å². The molecule has 2 rings (SSSR count). The van der Waals surface area contributed by atoms with E-state index in [0.717, 1.165) is 11.3 Å². The first kappa shape index (κ1) is 14.6. The molecule has 0 bridgehead atoms. The predicted octanol–water partition coefficient (Wildman–Crippen LogP) is 4.12. The molecule has 8 heteroatoms. The van der Waals surface area contributed by atoms with E-state index in [1.165, 1.54) is 12.1 Å². The normalized spacial score (nSPS) is 10.6. The molecular weight excluding hydrogens is 305 g/mol. The molecule has 0 saturated heterocycles. The Balaban J connectivity index is 2.24. The third-order valence-electron chi connectivity index (χ3n) is 2.86. The topological polar surface area (TPSA) is 81.2 Å². The van der Waals surface area contributed by atoms with Gasteiger partial charge in [0.05, 0.1) is 26.3 Å². The van der Waals surface area contributed by atoms with Crippen LogP contribution in [0.15, 0.2) is 16.7 Å². The molecule has 106 valence electrons. The molecule has 2 aromatic rings. The minimum absolute atomic E-state index is 0.150. The zero-order valence-electron chi connectivity index (χ0n) is 10.7. The van der Waals surface area contributed by atoms with Crippen LogP contribution in [0.3, 0.4) is 0 Å². The molecule has 0 amide bonds. The molecule has 0 fully saturated rings. The summed E-state index contributed by atoms with van der Waals surface area (Å²) in [5.74, 6) is 0.698. The SMILES string of the molecule is Cc1noc(C)c1CNc1c(Cl)cc([N+](=O)[O-])cc1Cl. The highest BCUT2D eigenvalue weighted by Gasteiger charge is 2.16. The highest BCUT2D eigenvalue weighted by molar-refractivity contribution is 6.39. The summed E-state index contributed by atoms with van der Waals surface area (Å²) < 4.78 is 5.05. The lowest BCUT2D eigenvalue weighted by atomic mass is 10.2. The number of hydrogen-bond acceptors (Lipinski definition) is 5. The summed E-state index contributed by atoms with van der Waals surface area (Å²) in [6, 6.07) is 2.51. The van der Waals surface area contributed by atoms with Crippen LogP contribution in [-0.4, -0.2) is 10.1 Å². The Hall–Kier alpha value is -1.79. The molecule has 20 heavy (non-hydrogen) atoms. The van der Waals surface area contributed by atoms with Crippen LogP contribution in [0.5, 0.6) is 0 Å². The quantitative estimate of drug-likeness (QED) is 0.678. The molecule has 0 spiro atoms. The number of nitro groups is 1. The number of hydrogen-bond donors (Lipinski definition) is 1. The van der Waals surface area contributed by atoms with Crippen molar-refractivity contribution in [2.24, 2.45) is 0 Å². The zero-order valence-corrected chi connectivity index (χ0v) is 12.2. The number of halogens is 2. The molecular formula is C12H11Cl2N3O3. The molecule has 0 aliphatic rings. The first-order chi connectivity index (χ1) is 9.40. The number of aryl methyl sites for hydroxylation is 2. The van der Waals surface area contributed by atoms with E-state index in [9.17, 15) is 10.1 Å². The maximum absolute atomic E-state index is 10.7. The maximum atomic E-state index is 10.7. The van der Waals surface area contributed by atoms with Gasteiger partial charge in [0.2, 0.25) is 0 Å². The van der Waals surface area contributed by atoms with Crippen LogP contribution >= 0.6 is 23.2 Å². The number of non-ortho nitro benzene ring substituents is 1. The van der Waals surface area contributed by atoms with Gasteiger partial charge in [0.15, 0.2) is 0 Å². The van der Waals surface area contributed by atoms with E-state index in [1.54, 1.807) is 6.92 Å². The fourth-order valence-electron chi connectivity index (χ4n) is 1.77. The Morgan fingerprint density at radius 1 is 1.35 bits per heavy atom. The van der Waals surface area contributed by atoms with Crippen molar-refractivity contribution in [3.05, 3.63) is 49.3 Å². The molecule has 0 radical (unpaired) electrons. The molecule has 1 aromatic heterocycles. The number of benzene rings is 1. The Bertz CT molecular complexity index is 627. The van der Waals surface area contributed by atoms with Crippen LogP contribution in [0, 0.1) is 24.0 Å². The van der Waals surface area contributed by atoms with E-state index in [0.29, 0.717) is 18.0 Å². The number of rotatable bonds is 4. The molecule has 0 unspecified atom stereocenters. The largest absolute Gasteiger partial charge is 0.378 e. The van der Waals surface area contributed by atoms with Crippen molar-refractivity contribution in [3.8, 4) is 0 Å². The van der Waals surface area contributed by atoms with Gasteiger partial charge in [-0.15, -0.1) is 0 Å². The van der Waals surface area contributed by atoms with Crippen LogP contribution < -0.4 is 5.32 Å². The highest BCUT2D eigenvalue weighted by atomic mass is 35.5. The van der Waals surface area contributed by atoms with Gasteiger partial charge < -0.3 is 9.84 Å². The molecule has 0 saturated carbocycles. The van der Waals surface area contributed by atoms with Gasteiger partial charge in [0.1, 0.15) is 5.76 Å². The third kappa shape index (κ3) is 2.86. The van der Waals surface area contributed by atoms with Gasteiger partial charge in [-0.2, -0.15) is 0 Å². The molecule has 0 aliphatic carbocycles. The van der Waals surface area contributed by atoms with Crippen molar-refractivity contribution < 1.29 is 9.45 Å². The van der Waals surface area contributed by atoms with E-state index in [1.807, 2.05) is 6.92 Å². The first-order valence-electron chi connectivity index (χ1n) is 5.69. The maximum Gasteiger partial charge on any atom is 0.272 e. The van der Waals surface area contributed by atoms with E-state index >= 15 is 0 Å². The van der Waals surface area contributed by atoms with E-state index < -0.39 is 4.92 Å². The van der Waals surface area contributed by atoms with Gasteiger partial charge in [-0.3, -0.25) is 10.1 Å². The van der Waals surface area contributed by atoms with Crippen molar-refractivity contribution in [3.63, 3.8) is 0 Å². The summed E-state index contributed by atoms with van der Waals surface area (Å²) in [5, 5.41) is 18.0. The third-order valence-corrected chi connectivity index (χ3v) is 3.46. The van der Waals surface area contributed by atoms with Gasteiger partial charge in [-0.25, -0.2) is 0 Å². The number of aromatic nitrogens is 1. The summed E-state index contributed by atoms with van der Waals surface area (Å²) in [6.07, 6.45) is 0. The average Bonchev–Trinajstić information content (AvgIpc) is 2.68. The molecule has 1 heterocycles. The van der Waals surface area contributed by atoms with Gasteiger partial charge >= 0.3 is 0 Å². The number of nitrogens with zero attached hydrogens (tertiary/aromatic N) is 2. The van der Waals surface area contributed by atoms with Gasteiger partial charge in [0.25, 0.3) is 5.69 Å². The summed E-state index contributed by atoms with van der Waals surface area (Å²) in [4.78, 5) is 10.2. The number of nitro benzene ring substituents is 1. The Morgan fingerprint density at radius 2 is 1.95 bits per heavy atom. The molecule has 1 N–H and O–H groups in total. The van der Waals surface area contributed by atoms with Crippen LogP contribution in [-0.2, 0) is 6.54 Å². The minimum atomic E-state index is -0.546. The Morgan fingerprint density at radius 3 is 2.40 bits per heavy atom. The van der Waals surface area contributed by atoms with Crippen molar-refractivity contribution in [1.29, 1.82) is 0 Å². The van der Waals surface area contributed by atoms with Crippen molar-refractivity contribution in [2.45, 2.75) is 20.4 Å². The second kappa shape index (κ2) is 5.68. The highest BCUT2D eigenvalue weighted by Crippen LogP contribution is 2.35. The lowest BCUT2D eigenvalue weighted by molar-refractivity contribution is -0.384. The fraction of sp³-hybridized carbons (Fsp3) is 0.250. The second-order valence-electron chi connectivity index (χ2n) is 4.20. The molecule has 6 nitrogen and oxygen atoms in total. The fourth-order valence-corrected chi connectivity index (χ4v) is 2.37. The number of anilines is 1. The second-order valence-corrected chi connectivity index (χ2v) is 5.01. The summed E-state index contributed by atoms with van der Waals surface area (Å²) in [6.45, 7) is 4.04. The smallest absolute Gasteiger partial charge is 0.272 e. The predicted molar refractivity (Wildman–Crippen MR) is 76.4 cm³/mol. The van der Waals surface area contributed by atoms with E-state index in [4.69, 9.17) is 27.7 Å². The molecule has 0 aliphatic heterocycles.